The molecule has 0 fully saturated rings. The molecule has 0 amide bonds. The van der Waals surface area contributed by atoms with Crippen molar-refractivity contribution in [1.29, 1.82) is 5.26 Å². The van der Waals surface area contributed by atoms with E-state index in [4.69, 9.17) is 5.26 Å². The first-order valence-electron chi connectivity index (χ1n) is 7.00. The molecule has 0 spiro atoms. The molecule has 1 aromatic carbocycles. The number of aryl methyl sites for hydroxylation is 1. The van der Waals surface area contributed by atoms with E-state index in [-0.39, 0.29) is 10.8 Å². The van der Waals surface area contributed by atoms with Crippen LogP contribution < -0.4 is 0 Å². The van der Waals surface area contributed by atoms with E-state index in [9.17, 15) is 0 Å². The average Bonchev–Trinajstić information content (AvgIpc) is 2.33. The number of benzene rings is 1. The molecule has 0 saturated heterocycles. The van der Waals surface area contributed by atoms with Gasteiger partial charge in [-0.2, -0.15) is 5.26 Å². The van der Waals surface area contributed by atoms with Crippen LogP contribution in [0.15, 0.2) is 18.2 Å². The van der Waals surface area contributed by atoms with Crippen molar-refractivity contribution in [2.75, 3.05) is 0 Å². The molecule has 0 N–H and O–H groups in total. The molecule has 2 rings (SSSR count). The van der Waals surface area contributed by atoms with Crippen molar-refractivity contribution in [3.63, 3.8) is 0 Å². The molecule has 1 heteroatoms. The molecule has 0 unspecified atom stereocenters. The van der Waals surface area contributed by atoms with Crippen molar-refractivity contribution in [2.24, 2.45) is 0 Å². The summed E-state index contributed by atoms with van der Waals surface area (Å²) in [7, 11) is 0. The first-order valence-corrected chi connectivity index (χ1v) is 7.00. The Morgan fingerprint density at radius 1 is 1.05 bits per heavy atom. The molecule has 1 aliphatic rings. The van der Waals surface area contributed by atoms with Crippen molar-refractivity contribution in [3.05, 3.63) is 40.5 Å². The Kier molecular flexibility index (Phi) is 3.31. The van der Waals surface area contributed by atoms with Crippen LogP contribution in [0.4, 0.5) is 0 Å². The van der Waals surface area contributed by atoms with Crippen LogP contribution in [0, 0.1) is 18.3 Å². The van der Waals surface area contributed by atoms with Crippen molar-refractivity contribution in [2.45, 2.75) is 58.3 Å². The molecular formula is C18H23N. The summed E-state index contributed by atoms with van der Waals surface area (Å²) in [5.41, 5.74) is 5.85. The van der Waals surface area contributed by atoms with Gasteiger partial charge in [-0.3, -0.25) is 0 Å². The minimum atomic E-state index is 0.230. The molecule has 100 valence electrons. The van der Waals surface area contributed by atoms with Gasteiger partial charge in [0, 0.05) is 6.08 Å². The SMILES string of the molecule is Cc1cc2c(cc1C=CC#N)C(C)(C)CCC2(C)C. The monoisotopic (exact) mass is 253 g/mol. The van der Waals surface area contributed by atoms with Crippen LogP contribution in [0.1, 0.15) is 62.8 Å². The summed E-state index contributed by atoms with van der Waals surface area (Å²) in [5, 5.41) is 8.71. The third kappa shape index (κ3) is 2.45. The predicted molar refractivity (Wildman–Crippen MR) is 81.1 cm³/mol. The molecule has 1 aromatic rings. The Balaban J connectivity index is 2.65. The third-order valence-electron chi connectivity index (χ3n) is 4.58. The van der Waals surface area contributed by atoms with Crippen molar-refractivity contribution in [1.82, 2.24) is 0 Å². The number of fused-ring (bicyclic) bond motifs is 1. The number of allylic oxidation sites excluding steroid dienone is 1. The van der Waals surface area contributed by atoms with E-state index in [1.807, 2.05) is 6.08 Å². The Labute approximate surface area is 117 Å². The van der Waals surface area contributed by atoms with Crippen molar-refractivity contribution in [3.8, 4) is 6.07 Å². The van der Waals surface area contributed by atoms with Gasteiger partial charge in [-0.1, -0.05) is 39.8 Å². The normalized spacial score (nSPS) is 20.0. The van der Waals surface area contributed by atoms with Gasteiger partial charge >= 0.3 is 0 Å². The summed E-state index contributed by atoms with van der Waals surface area (Å²) in [5.74, 6) is 0. The second-order valence-corrected chi connectivity index (χ2v) is 6.98. The standard InChI is InChI=1S/C18H23N/c1-13-11-15-16(12-14(13)7-6-10-19)18(4,5)9-8-17(15,2)3/h6-7,11-12H,8-9H2,1-5H3. The number of rotatable bonds is 1. The molecule has 0 heterocycles. The van der Waals surface area contributed by atoms with Crippen molar-refractivity contribution < 1.29 is 0 Å². The van der Waals surface area contributed by atoms with Gasteiger partial charge < -0.3 is 0 Å². The number of hydrogen-bond donors (Lipinski definition) is 0. The Morgan fingerprint density at radius 2 is 1.58 bits per heavy atom. The zero-order valence-corrected chi connectivity index (χ0v) is 12.7. The summed E-state index contributed by atoms with van der Waals surface area (Å²) < 4.78 is 0. The fourth-order valence-corrected chi connectivity index (χ4v) is 3.05. The molecule has 0 radical (unpaired) electrons. The molecule has 0 bridgehead atoms. The topological polar surface area (TPSA) is 23.8 Å². The van der Waals surface area contributed by atoms with E-state index >= 15 is 0 Å². The Morgan fingerprint density at radius 3 is 2.11 bits per heavy atom. The summed E-state index contributed by atoms with van der Waals surface area (Å²) in [4.78, 5) is 0. The highest BCUT2D eigenvalue weighted by Crippen LogP contribution is 2.46. The lowest BCUT2D eigenvalue weighted by atomic mass is 9.62. The lowest BCUT2D eigenvalue weighted by Crippen LogP contribution is -2.34. The second kappa shape index (κ2) is 4.53. The van der Waals surface area contributed by atoms with Crippen LogP contribution in [-0.4, -0.2) is 0 Å². The largest absolute Gasteiger partial charge is 0.193 e. The number of nitrogens with zero attached hydrogens (tertiary/aromatic N) is 1. The second-order valence-electron chi connectivity index (χ2n) is 6.98. The fraction of sp³-hybridized carbons (Fsp3) is 0.500. The van der Waals surface area contributed by atoms with Crippen molar-refractivity contribution >= 4 is 6.08 Å². The van der Waals surface area contributed by atoms with Crippen LogP contribution in [0.3, 0.4) is 0 Å². The molecule has 19 heavy (non-hydrogen) atoms. The zero-order chi connectivity index (χ0) is 14.3. The van der Waals surface area contributed by atoms with E-state index in [0.29, 0.717) is 0 Å². The molecule has 0 saturated carbocycles. The Bertz CT molecular complexity index is 568. The smallest absolute Gasteiger partial charge is 0.0912 e. The summed E-state index contributed by atoms with van der Waals surface area (Å²) >= 11 is 0. The van der Waals surface area contributed by atoms with E-state index in [1.165, 1.54) is 35.1 Å². The van der Waals surface area contributed by atoms with Gasteiger partial charge in [-0.25, -0.2) is 0 Å². The quantitative estimate of drug-likeness (QED) is 0.654. The molecule has 0 aromatic heterocycles. The predicted octanol–water partition coefficient (Wildman–Crippen LogP) is 4.88. The number of hydrogen-bond acceptors (Lipinski definition) is 1. The first kappa shape index (κ1) is 13.9. The van der Waals surface area contributed by atoms with Gasteiger partial charge in [0.2, 0.25) is 0 Å². The van der Waals surface area contributed by atoms with Gasteiger partial charge in [-0.15, -0.1) is 0 Å². The van der Waals surface area contributed by atoms with Gasteiger partial charge in [-0.05, 0) is 58.9 Å². The lowest BCUT2D eigenvalue weighted by Gasteiger charge is -2.42. The molecule has 1 aliphatic carbocycles. The fourth-order valence-electron chi connectivity index (χ4n) is 3.05. The van der Waals surface area contributed by atoms with E-state index in [1.54, 1.807) is 6.08 Å². The highest BCUT2D eigenvalue weighted by molar-refractivity contribution is 5.60. The summed E-state index contributed by atoms with van der Waals surface area (Å²) in [6.45, 7) is 11.5. The average molecular weight is 253 g/mol. The highest BCUT2D eigenvalue weighted by atomic mass is 14.4. The van der Waals surface area contributed by atoms with Crippen LogP contribution in [-0.2, 0) is 10.8 Å². The molecule has 1 nitrogen and oxygen atoms in total. The summed E-state index contributed by atoms with van der Waals surface area (Å²) in [6, 6.07) is 6.70. The van der Waals surface area contributed by atoms with Gasteiger partial charge in [0.1, 0.15) is 0 Å². The minimum Gasteiger partial charge on any atom is -0.193 e. The first-order chi connectivity index (χ1) is 8.78. The summed E-state index contributed by atoms with van der Waals surface area (Å²) in [6.07, 6.45) is 5.94. The molecular weight excluding hydrogens is 230 g/mol. The molecule has 0 atom stereocenters. The minimum absolute atomic E-state index is 0.230. The zero-order valence-electron chi connectivity index (χ0n) is 12.7. The van der Waals surface area contributed by atoms with Crippen LogP contribution in [0.25, 0.3) is 6.08 Å². The third-order valence-corrected chi connectivity index (χ3v) is 4.58. The maximum atomic E-state index is 8.71. The Hall–Kier alpha value is -1.55. The maximum absolute atomic E-state index is 8.71. The van der Waals surface area contributed by atoms with Crippen LogP contribution in [0.5, 0.6) is 0 Å². The maximum Gasteiger partial charge on any atom is 0.0912 e. The van der Waals surface area contributed by atoms with Gasteiger partial charge in [0.25, 0.3) is 0 Å². The van der Waals surface area contributed by atoms with Crippen LogP contribution >= 0.6 is 0 Å². The molecule has 0 aliphatic heterocycles. The van der Waals surface area contributed by atoms with Gasteiger partial charge in [0.15, 0.2) is 0 Å². The van der Waals surface area contributed by atoms with Crippen LogP contribution in [0.2, 0.25) is 0 Å². The van der Waals surface area contributed by atoms with E-state index in [0.717, 1.165) is 0 Å². The highest BCUT2D eigenvalue weighted by Gasteiger charge is 2.37. The lowest BCUT2D eigenvalue weighted by molar-refractivity contribution is 0.331. The number of nitriles is 1. The van der Waals surface area contributed by atoms with Gasteiger partial charge in [0.05, 0.1) is 6.07 Å². The van der Waals surface area contributed by atoms with E-state index < -0.39 is 0 Å². The van der Waals surface area contributed by atoms with E-state index in [2.05, 4.69) is 52.8 Å².